The Bertz CT molecular complexity index is 1660. The zero-order valence-corrected chi connectivity index (χ0v) is 27.6. The number of H-pyrrole nitrogens is 1. The summed E-state index contributed by atoms with van der Waals surface area (Å²) in [4.78, 5) is 30.5. The predicted octanol–water partition coefficient (Wildman–Crippen LogP) is 4.99. The van der Waals surface area contributed by atoms with E-state index in [1.807, 2.05) is 0 Å². The fourth-order valence-electron chi connectivity index (χ4n) is 5.25. The molecule has 2 atom stereocenters. The molecule has 1 N–H and O–H groups in total. The average Bonchev–Trinajstić information content (AvgIpc) is 3.72. The number of hydrogen-bond donors (Lipinski definition) is 0. The highest BCUT2D eigenvalue weighted by Crippen LogP contribution is 2.38. The van der Waals surface area contributed by atoms with E-state index in [-0.39, 0.29) is 35.8 Å². The number of halogens is 2. The van der Waals surface area contributed by atoms with Gasteiger partial charge in [0.1, 0.15) is 22.2 Å². The van der Waals surface area contributed by atoms with E-state index in [4.69, 9.17) is 37.4 Å². The molecule has 0 bridgehead atoms. The molecule has 2 aliphatic rings. The summed E-state index contributed by atoms with van der Waals surface area (Å²) in [6, 6.07) is 10.0. The second-order valence-electron chi connectivity index (χ2n) is 11.4. The van der Waals surface area contributed by atoms with Crippen molar-refractivity contribution in [3.63, 3.8) is 0 Å². The summed E-state index contributed by atoms with van der Waals surface area (Å²) in [5.41, 5.74) is 1.40. The first kappa shape index (κ1) is 33.0. The quantitative estimate of drug-likeness (QED) is 0.248. The minimum Gasteiger partial charge on any atom is -0.493 e. The number of pyridine rings is 1. The van der Waals surface area contributed by atoms with Crippen molar-refractivity contribution in [1.29, 1.82) is 0 Å². The number of aromatic amines is 1. The Labute approximate surface area is 273 Å². The number of ether oxygens (including phenoxy) is 3. The number of amides is 1. The van der Waals surface area contributed by atoms with Gasteiger partial charge in [0.05, 0.1) is 18.6 Å². The third kappa shape index (κ3) is 7.54. The van der Waals surface area contributed by atoms with Gasteiger partial charge < -0.3 is 19.1 Å². The van der Waals surface area contributed by atoms with Crippen molar-refractivity contribution >= 4 is 45.1 Å². The fourth-order valence-corrected chi connectivity index (χ4v) is 7.47. The van der Waals surface area contributed by atoms with Gasteiger partial charge in [0.25, 0.3) is 5.91 Å². The molecule has 3 aromatic rings. The van der Waals surface area contributed by atoms with Gasteiger partial charge in [0, 0.05) is 38.2 Å². The van der Waals surface area contributed by atoms with Crippen molar-refractivity contribution in [2.45, 2.75) is 49.1 Å². The molecule has 0 radical (unpaired) electrons. The van der Waals surface area contributed by atoms with Crippen LogP contribution in [0.3, 0.4) is 0 Å². The van der Waals surface area contributed by atoms with E-state index in [1.165, 1.54) is 23.1 Å². The summed E-state index contributed by atoms with van der Waals surface area (Å²) in [7, 11) is 0.597. The first-order valence-corrected chi connectivity index (χ1v) is 16.9. The first-order chi connectivity index (χ1) is 21.5. The lowest BCUT2D eigenvalue weighted by Crippen LogP contribution is -2.42. The lowest BCUT2D eigenvalue weighted by Gasteiger charge is -2.26. The molecular weight excluding hydrogens is 641 g/mol. The van der Waals surface area contributed by atoms with Gasteiger partial charge in [-0.05, 0) is 67.5 Å². The van der Waals surface area contributed by atoms with Gasteiger partial charge >= 0.3 is 5.97 Å². The summed E-state index contributed by atoms with van der Waals surface area (Å²) in [6.45, 7) is 0.680. The van der Waals surface area contributed by atoms with Crippen LogP contribution in [-0.4, -0.2) is 69.9 Å². The van der Waals surface area contributed by atoms with Crippen LogP contribution in [0, 0.1) is 5.92 Å². The first-order valence-electron chi connectivity index (χ1n) is 14.7. The number of nitrogens with zero attached hydrogens (tertiary/aromatic N) is 2. The lowest BCUT2D eigenvalue weighted by molar-refractivity contribution is -0.377. The number of rotatable bonds is 12. The van der Waals surface area contributed by atoms with E-state index in [0.717, 1.165) is 17.1 Å². The molecule has 2 fully saturated rings. The number of carbonyl (C=O) groups is 2. The molecule has 1 amide bonds. The van der Waals surface area contributed by atoms with E-state index in [2.05, 4.69) is 4.98 Å². The van der Waals surface area contributed by atoms with Crippen LogP contribution in [0.4, 0.5) is 0 Å². The summed E-state index contributed by atoms with van der Waals surface area (Å²) in [5, 5.41) is 0.721. The zero-order valence-electron chi connectivity index (χ0n) is 25.3. The SMILES string of the molecule is COc1ccc(C(Cc2c(Cl)c[nH+]cc2Cl)OC(=O)[C@@H]2CCCN2S(=O)(=O)c2cccc(C(=O)N(C)C)c2)cc1OCC1CC1. The molecule has 1 aromatic heterocycles. The number of benzene rings is 2. The van der Waals surface area contributed by atoms with Gasteiger partial charge in [-0.3, -0.25) is 9.59 Å². The number of methoxy groups -OCH3 is 1. The highest BCUT2D eigenvalue weighted by atomic mass is 35.5. The Morgan fingerprint density at radius 2 is 1.78 bits per heavy atom. The van der Waals surface area contributed by atoms with Crippen molar-refractivity contribution in [1.82, 2.24) is 9.21 Å². The Kier molecular flexibility index (Phi) is 10.2. The molecule has 2 aromatic carbocycles. The molecule has 1 aliphatic heterocycles. The molecule has 13 heteroatoms. The Morgan fingerprint density at radius 1 is 1.04 bits per heavy atom. The van der Waals surface area contributed by atoms with Gasteiger partial charge in [0.2, 0.25) is 10.0 Å². The topological polar surface area (TPSA) is 117 Å². The molecule has 5 rings (SSSR count). The van der Waals surface area contributed by atoms with Crippen LogP contribution in [0.15, 0.2) is 59.8 Å². The molecular formula is C32H36Cl2N3O7S+. The van der Waals surface area contributed by atoms with Crippen LogP contribution in [0.5, 0.6) is 11.5 Å². The monoisotopic (exact) mass is 676 g/mol. The second kappa shape index (κ2) is 13.9. The van der Waals surface area contributed by atoms with Gasteiger partial charge in [-0.15, -0.1) is 0 Å². The fraction of sp³-hybridized carbons (Fsp3) is 0.406. The second-order valence-corrected chi connectivity index (χ2v) is 14.1. The number of aromatic nitrogens is 1. The Morgan fingerprint density at radius 3 is 2.44 bits per heavy atom. The van der Waals surface area contributed by atoms with Gasteiger partial charge in [-0.25, -0.2) is 13.4 Å². The number of esters is 1. The van der Waals surface area contributed by atoms with Crippen LogP contribution in [-0.2, 0) is 26.0 Å². The van der Waals surface area contributed by atoms with Crippen LogP contribution in [0.2, 0.25) is 10.0 Å². The van der Waals surface area contributed by atoms with Crippen LogP contribution >= 0.6 is 23.2 Å². The average molecular weight is 678 g/mol. The van der Waals surface area contributed by atoms with Gasteiger partial charge in [-0.1, -0.05) is 35.3 Å². The summed E-state index contributed by atoms with van der Waals surface area (Å²) >= 11 is 13.0. The number of nitrogens with one attached hydrogen (secondary N) is 1. The maximum absolute atomic E-state index is 13.9. The number of hydrogen-bond acceptors (Lipinski definition) is 7. The maximum Gasteiger partial charge on any atom is 0.325 e. The molecule has 1 aliphatic carbocycles. The van der Waals surface area contributed by atoms with Crippen molar-refractivity contribution in [2.24, 2.45) is 5.92 Å². The minimum absolute atomic E-state index is 0.0712. The third-order valence-electron chi connectivity index (χ3n) is 7.95. The van der Waals surface area contributed by atoms with Gasteiger partial charge in [-0.2, -0.15) is 4.31 Å². The van der Waals surface area contributed by atoms with Crippen molar-refractivity contribution in [3.05, 3.63) is 81.6 Å². The van der Waals surface area contributed by atoms with Gasteiger partial charge in [0.15, 0.2) is 23.9 Å². The zero-order chi connectivity index (χ0) is 32.3. The third-order valence-corrected chi connectivity index (χ3v) is 10.5. The smallest absolute Gasteiger partial charge is 0.325 e. The van der Waals surface area contributed by atoms with E-state index < -0.39 is 28.1 Å². The maximum atomic E-state index is 13.9. The number of sulfonamides is 1. The molecule has 2 heterocycles. The van der Waals surface area contributed by atoms with Crippen molar-refractivity contribution < 1.29 is 37.2 Å². The van der Waals surface area contributed by atoms with E-state index in [0.29, 0.717) is 51.6 Å². The molecule has 240 valence electrons. The van der Waals surface area contributed by atoms with E-state index in [1.54, 1.807) is 57.9 Å². The van der Waals surface area contributed by atoms with Crippen LogP contribution in [0.1, 0.15) is 53.3 Å². The normalized spacial score (nSPS) is 17.5. The molecule has 1 saturated heterocycles. The minimum atomic E-state index is -4.13. The van der Waals surface area contributed by atoms with E-state index in [9.17, 15) is 18.0 Å². The largest absolute Gasteiger partial charge is 0.493 e. The predicted molar refractivity (Wildman–Crippen MR) is 168 cm³/mol. The lowest BCUT2D eigenvalue weighted by atomic mass is 10.0. The highest BCUT2D eigenvalue weighted by molar-refractivity contribution is 7.89. The summed E-state index contributed by atoms with van der Waals surface area (Å²) < 4.78 is 46.4. The van der Waals surface area contributed by atoms with Crippen molar-refractivity contribution in [3.8, 4) is 11.5 Å². The molecule has 10 nitrogen and oxygen atoms in total. The summed E-state index contributed by atoms with van der Waals surface area (Å²) in [6.07, 6.45) is 5.38. The van der Waals surface area contributed by atoms with Crippen LogP contribution in [0.25, 0.3) is 0 Å². The standard InChI is InChI=1S/C32H35Cl2N3O7S/c1-36(2)31(38)22-6-4-7-23(14-22)45(40,41)37-13-5-8-27(37)32(39)44-29(16-24-25(33)17-35-18-26(24)34)21-11-12-28(42-3)30(15-21)43-19-20-9-10-20/h4,6-7,11-12,14-15,17-18,20,27,29H,5,8-10,13,16,19H2,1-3H3/p+1/t27-,29?/m0/s1. The number of carbonyl (C=O) groups excluding carboxylic acids is 2. The van der Waals surface area contributed by atoms with Crippen molar-refractivity contribution in [2.75, 3.05) is 34.4 Å². The van der Waals surface area contributed by atoms with E-state index >= 15 is 0 Å². The molecule has 45 heavy (non-hydrogen) atoms. The molecule has 0 spiro atoms. The van der Waals surface area contributed by atoms with Crippen LogP contribution < -0.4 is 14.5 Å². The Hall–Kier alpha value is -3.38. The highest BCUT2D eigenvalue weighted by Gasteiger charge is 2.41. The molecule has 1 saturated carbocycles. The molecule has 1 unspecified atom stereocenters. The Balaban J connectivity index is 1.44. The summed E-state index contributed by atoms with van der Waals surface area (Å²) in [5.74, 6) is 0.523.